The predicted octanol–water partition coefficient (Wildman–Crippen LogP) is 4.03. The van der Waals surface area contributed by atoms with Gasteiger partial charge in [0.05, 0.1) is 18.0 Å². The molecule has 0 atom stereocenters. The molecule has 3 rings (SSSR count). The third-order valence-corrected chi connectivity index (χ3v) is 3.74. The molecule has 0 aliphatic rings. The van der Waals surface area contributed by atoms with Gasteiger partial charge in [0.2, 0.25) is 5.88 Å². The molecule has 0 fully saturated rings. The molecule has 0 aliphatic carbocycles. The first kappa shape index (κ1) is 15.1. The molecule has 0 spiro atoms. The fourth-order valence-electron chi connectivity index (χ4n) is 2.45. The van der Waals surface area contributed by atoms with E-state index in [2.05, 4.69) is 22.2 Å². The first-order chi connectivity index (χ1) is 11.2. The van der Waals surface area contributed by atoms with Crippen LogP contribution in [-0.2, 0) is 6.42 Å². The molecular formula is C18H19N3O2. The van der Waals surface area contributed by atoms with Gasteiger partial charge in [-0.1, -0.05) is 6.92 Å². The lowest BCUT2D eigenvalue weighted by atomic mass is 10.1. The number of anilines is 1. The molecule has 118 valence electrons. The fourth-order valence-corrected chi connectivity index (χ4v) is 2.45. The van der Waals surface area contributed by atoms with Crippen molar-refractivity contribution in [1.29, 1.82) is 0 Å². The molecule has 23 heavy (non-hydrogen) atoms. The lowest BCUT2D eigenvalue weighted by Crippen LogP contribution is -1.96. The first-order valence-electron chi connectivity index (χ1n) is 7.52. The Balaban J connectivity index is 2.02. The number of hydrogen-bond acceptors (Lipinski definition) is 5. The molecule has 0 amide bonds. The summed E-state index contributed by atoms with van der Waals surface area (Å²) >= 11 is 0. The zero-order valence-electron chi connectivity index (χ0n) is 13.5. The number of rotatable bonds is 5. The number of benzene rings is 2. The largest absolute Gasteiger partial charge is 0.496 e. The van der Waals surface area contributed by atoms with Crippen molar-refractivity contribution in [3.05, 3.63) is 48.3 Å². The monoisotopic (exact) mass is 309 g/mol. The maximum atomic E-state index is 5.93. The van der Waals surface area contributed by atoms with Gasteiger partial charge in [-0.15, -0.1) is 0 Å². The Morgan fingerprint density at radius 3 is 2.52 bits per heavy atom. The second kappa shape index (κ2) is 6.52. The van der Waals surface area contributed by atoms with Gasteiger partial charge in [-0.05, 0) is 48.4 Å². The van der Waals surface area contributed by atoms with Crippen LogP contribution in [0.2, 0.25) is 0 Å². The summed E-state index contributed by atoms with van der Waals surface area (Å²) in [6.45, 7) is 2.09. The summed E-state index contributed by atoms with van der Waals surface area (Å²) in [5.74, 6) is 2.07. The molecular weight excluding hydrogens is 290 g/mol. The molecule has 5 heteroatoms. The fraction of sp³-hybridized carbons (Fsp3) is 0.222. The second-order valence-electron chi connectivity index (χ2n) is 5.09. The second-order valence-corrected chi connectivity index (χ2v) is 5.09. The highest BCUT2D eigenvalue weighted by Crippen LogP contribution is 2.32. The average molecular weight is 309 g/mol. The Morgan fingerprint density at radius 2 is 1.87 bits per heavy atom. The van der Waals surface area contributed by atoms with Crippen molar-refractivity contribution in [1.82, 2.24) is 9.97 Å². The number of methoxy groups -OCH3 is 1. The minimum Gasteiger partial charge on any atom is -0.496 e. The van der Waals surface area contributed by atoms with Crippen LogP contribution in [0.25, 0.3) is 10.9 Å². The Kier molecular flexibility index (Phi) is 4.28. The van der Waals surface area contributed by atoms with E-state index >= 15 is 0 Å². The molecule has 5 nitrogen and oxygen atoms in total. The van der Waals surface area contributed by atoms with Crippen LogP contribution < -0.4 is 14.8 Å². The van der Waals surface area contributed by atoms with E-state index in [9.17, 15) is 0 Å². The number of ether oxygens (including phenoxy) is 2. The van der Waals surface area contributed by atoms with Gasteiger partial charge in [-0.3, -0.25) is 0 Å². The van der Waals surface area contributed by atoms with E-state index in [1.54, 1.807) is 7.11 Å². The van der Waals surface area contributed by atoms with Crippen molar-refractivity contribution in [2.24, 2.45) is 0 Å². The standard InChI is InChI=1S/C18H19N3O2/c1-4-12-9-16-15(10-17(12)22-3)18(21-11-20-16)23-14-7-5-13(19-2)6-8-14/h5-11,19H,4H2,1-3H3. The van der Waals surface area contributed by atoms with Crippen LogP contribution >= 0.6 is 0 Å². The zero-order chi connectivity index (χ0) is 16.2. The molecule has 3 aromatic rings. The summed E-state index contributed by atoms with van der Waals surface area (Å²) < 4.78 is 11.4. The number of aryl methyl sites for hydroxylation is 1. The Morgan fingerprint density at radius 1 is 1.09 bits per heavy atom. The summed E-state index contributed by atoms with van der Waals surface area (Å²) in [7, 11) is 3.55. The smallest absolute Gasteiger partial charge is 0.230 e. The van der Waals surface area contributed by atoms with Crippen LogP contribution in [0.3, 0.4) is 0 Å². The normalized spacial score (nSPS) is 10.6. The minimum atomic E-state index is 0.521. The highest BCUT2D eigenvalue weighted by Gasteiger charge is 2.11. The van der Waals surface area contributed by atoms with Gasteiger partial charge in [0.1, 0.15) is 17.8 Å². The topological polar surface area (TPSA) is 56.3 Å². The summed E-state index contributed by atoms with van der Waals surface area (Å²) in [5, 5.41) is 3.91. The Hall–Kier alpha value is -2.82. The number of nitrogens with one attached hydrogen (secondary N) is 1. The molecule has 0 saturated heterocycles. The van der Waals surface area contributed by atoms with Crippen molar-refractivity contribution >= 4 is 16.6 Å². The van der Waals surface area contributed by atoms with E-state index < -0.39 is 0 Å². The summed E-state index contributed by atoms with van der Waals surface area (Å²) in [4.78, 5) is 8.61. The Labute approximate surface area is 135 Å². The van der Waals surface area contributed by atoms with Gasteiger partial charge >= 0.3 is 0 Å². The highest BCUT2D eigenvalue weighted by atomic mass is 16.5. The highest BCUT2D eigenvalue weighted by molar-refractivity contribution is 5.86. The molecule has 1 aromatic heterocycles. The molecule has 0 unspecified atom stereocenters. The van der Waals surface area contributed by atoms with Gasteiger partial charge < -0.3 is 14.8 Å². The molecule has 0 radical (unpaired) electrons. The maximum absolute atomic E-state index is 5.93. The number of nitrogens with zero attached hydrogens (tertiary/aromatic N) is 2. The van der Waals surface area contributed by atoms with Crippen molar-refractivity contribution in [3.8, 4) is 17.4 Å². The lowest BCUT2D eigenvalue weighted by Gasteiger charge is -2.11. The van der Waals surface area contributed by atoms with Crippen molar-refractivity contribution < 1.29 is 9.47 Å². The van der Waals surface area contributed by atoms with Gasteiger partial charge in [-0.25, -0.2) is 9.97 Å². The van der Waals surface area contributed by atoms with Crippen LogP contribution in [0.4, 0.5) is 5.69 Å². The van der Waals surface area contributed by atoms with Crippen LogP contribution in [0.15, 0.2) is 42.7 Å². The molecule has 0 saturated carbocycles. The lowest BCUT2D eigenvalue weighted by molar-refractivity contribution is 0.410. The molecule has 1 heterocycles. The van der Waals surface area contributed by atoms with Crippen LogP contribution in [0.1, 0.15) is 12.5 Å². The molecule has 1 N–H and O–H groups in total. The van der Waals surface area contributed by atoms with Crippen molar-refractivity contribution in [3.63, 3.8) is 0 Å². The third kappa shape index (κ3) is 3.04. The summed E-state index contributed by atoms with van der Waals surface area (Å²) in [6, 6.07) is 11.7. The van der Waals surface area contributed by atoms with E-state index in [0.29, 0.717) is 5.88 Å². The van der Waals surface area contributed by atoms with Gasteiger partial charge in [-0.2, -0.15) is 0 Å². The van der Waals surface area contributed by atoms with E-state index in [1.165, 1.54) is 6.33 Å². The van der Waals surface area contributed by atoms with E-state index in [0.717, 1.165) is 40.1 Å². The van der Waals surface area contributed by atoms with Gasteiger partial charge in [0, 0.05) is 12.7 Å². The number of hydrogen-bond donors (Lipinski definition) is 1. The van der Waals surface area contributed by atoms with E-state index in [4.69, 9.17) is 9.47 Å². The zero-order valence-corrected chi connectivity index (χ0v) is 13.5. The Bertz CT molecular complexity index is 816. The maximum Gasteiger partial charge on any atom is 0.230 e. The molecule has 2 aromatic carbocycles. The third-order valence-electron chi connectivity index (χ3n) is 3.74. The minimum absolute atomic E-state index is 0.521. The van der Waals surface area contributed by atoms with Gasteiger partial charge in [0.25, 0.3) is 0 Å². The van der Waals surface area contributed by atoms with Gasteiger partial charge in [0.15, 0.2) is 0 Å². The van der Waals surface area contributed by atoms with Crippen LogP contribution in [-0.4, -0.2) is 24.1 Å². The average Bonchev–Trinajstić information content (AvgIpc) is 2.61. The SMILES string of the molecule is CCc1cc2ncnc(Oc3ccc(NC)cc3)c2cc1OC. The predicted molar refractivity (Wildman–Crippen MR) is 91.5 cm³/mol. The van der Waals surface area contributed by atoms with E-state index in [-0.39, 0.29) is 0 Å². The van der Waals surface area contributed by atoms with Crippen molar-refractivity contribution in [2.75, 3.05) is 19.5 Å². The molecule has 0 bridgehead atoms. The van der Waals surface area contributed by atoms with Crippen molar-refractivity contribution in [2.45, 2.75) is 13.3 Å². The summed E-state index contributed by atoms with van der Waals surface area (Å²) in [6.07, 6.45) is 2.40. The molecule has 0 aliphatic heterocycles. The first-order valence-corrected chi connectivity index (χ1v) is 7.52. The number of aromatic nitrogens is 2. The quantitative estimate of drug-likeness (QED) is 0.771. The summed E-state index contributed by atoms with van der Waals surface area (Å²) in [5.41, 5.74) is 2.99. The van der Waals surface area contributed by atoms with Crippen LogP contribution in [0.5, 0.6) is 17.4 Å². The number of fused-ring (bicyclic) bond motifs is 1. The van der Waals surface area contributed by atoms with E-state index in [1.807, 2.05) is 43.4 Å². The van der Waals surface area contributed by atoms with Crippen LogP contribution in [0, 0.1) is 0 Å².